The van der Waals surface area contributed by atoms with E-state index < -0.39 is 40.6 Å². The van der Waals surface area contributed by atoms with E-state index in [1.807, 2.05) is 27.7 Å². The van der Waals surface area contributed by atoms with Gasteiger partial charge in [0.15, 0.2) is 0 Å². The third kappa shape index (κ3) is 6.77. The number of hydrogen-bond donors (Lipinski definition) is 1. The number of ether oxygens (including phenoxy) is 2. The third-order valence-electron chi connectivity index (χ3n) is 7.60. The van der Waals surface area contributed by atoms with Gasteiger partial charge in [0, 0.05) is 42.9 Å². The molecule has 2 saturated heterocycles. The summed E-state index contributed by atoms with van der Waals surface area (Å²) in [4.78, 5) is 72.8. The summed E-state index contributed by atoms with van der Waals surface area (Å²) in [5.74, 6) is -0.197. The van der Waals surface area contributed by atoms with E-state index in [1.165, 1.54) is 21.7 Å². The van der Waals surface area contributed by atoms with Crippen molar-refractivity contribution in [3.63, 3.8) is 0 Å². The van der Waals surface area contributed by atoms with Crippen LogP contribution in [0.4, 0.5) is 15.4 Å². The Balaban J connectivity index is 1.44. The molecule has 0 radical (unpaired) electrons. The van der Waals surface area contributed by atoms with Gasteiger partial charge in [0.1, 0.15) is 29.5 Å². The van der Waals surface area contributed by atoms with Crippen LogP contribution in [0.15, 0.2) is 41.3 Å². The molecular weight excluding hydrogens is 568 g/mol. The molecule has 4 rings (SSSR count). The van der Waals surface area contributed by atoms with Crippen molar-refractivity contribution < 1.29 is 28.7 Å². The van der Waals surface area contributed by atoms with E-state index in [0.29, 0.717) is 17.5 Å². The van der Waals surface area contributed by atoms with Crippen LogP contribution in [0.2, 0.25) is 0 Å². The second kappa shape index (κ2) is 12.0. The zero-order valence-electron chi connectivity index (χ0n) is 26.6. The molecule has 0 spiro atoms. The Morgan fingerprint density at radius 3 is 2.27 bits per heavy atom. The number of carbonyl (C=O) groups excluding carboxylic acids is 4. The molecule has 1 N–H and O–H groups in total. The van der Waals surface area contributed by atoms with E-state index >= 15 is 0 Å². The van der Waals surface area contributed by atoms with Gasteiger partial charge in [-0.25, -0.2) is 14.4 Å². The Kier molecular flexibility index (Phi) is 8.92. The topological polar surface area (TPSA) is 143 Å². The Labute approximate surface area is 257 Å². The van der Waals surface area contributed by atoms with Crippen LogP contribution in [-0.2, 0) is 14.3 Å². The number of hydrogen-bond acceptors (Lipinski definition) is 8. The molecule has 4 amide bonds. The molecule has 2 aliphatic rings. The van der Waals surface area contributed by atoms with Crippen LogP contribution in [0.5, 0.6) is 0 Å². The largest absolute Gasteiger partial charge is 0.444 e. The van der Waals surface area contributed by atoms with Gasteiger partial charge >= 0.3 is 17.8 Å². The molecule has 2 fully saturated rings. The molecule has 0 unspecified atom stereocenters. The number of amides is 4. The first-order chi connectivity index (χ1) is 20.4. The smallest absolute Gasteiger partial charge is 0.413 e. The number of nitrogens with zero attached hydrogens (tertiary/aromatic N) is 5. The second-order valence-corrected chi connectivity index (χ2v) is 13.6. The fourth-order valence-corrected chi connectivity index (χ4v) is 5.40. The minimum absolute atomic E-state index is 0.0144. The molecule has 3 heterocycles. The van der Waals surface area contributed by atoms with Crippen LogP contribution < -0.4 is 11.0 Å². The van der Waals surface area contributed by atoms with Gasteiger partial charge < -0.3 is 19.3 Å². The molecular formula is C31H42N6O7. The van der Waals surface area contributed by atoms with Crippen LogP contribution in [0.1, 0.15) is 65.7 Å². The summed E-state index contributed by atoms with van der Waals surface area (Å²) in [6.07, 6.45) is 0.913. The molecule has 2 aliphatic heterocycles. The molecule has 1 aromatic heterocycles. The number of aromatic nitrogens is 2. The molecule has 13 heteroatoms. The van der Waals surface area contributed by atoms with Crippen LogP contribution in [0, 0.1) is 5.41 Å². The Morgan fingerprint density at radius 2 is 1.73 bits per heavy atom. The van der Waals surface area contributed by atoms with Crippen molar-refractivity contribution in [3.05, 3.63) is 52.6 Å². The van der Waals surface area contributed by atoms with E-state index in [2.05, 4.69) is 10.3 Å². The maximum Gasteiger partial charge on any atom is 0.413 e. The molecule has 2 aromatic rings. The summed E-state index contributed by atoms with van der Waals surface area (Å²) < 4.78 is 13.0. The van der Waals surface area contributed by atoms with Gasteiger partial charge in [-0.05, 0) is 65.0 Å². The molecule has 238 valence electrons. The van der Waals surface area contributed by atoms with Crippen LogP contribution >= 0.6 is 0 Å². The average molecular weight is 611 g/mol. The van der Waals surface area contributed by atoms with Gasteiger partial charge in [0.25, 0.3) is 5.91 Å². The predicted octanol–water partition coefficient (Wildman–Crippen LogP) is 3.51. The van der Waals surface area contributed by atoms with E-state index in [4.69, 9.17) is 9.47 Å². The number of rotatable bonds is 4. The molecule has 1 aromatic carbocycles. The van der Waals surface area contributed by atoms with Gasteiger partial charge in [-0.2, -0.15) is 4.98 Å². The molecule has 0 saturated carbocycles. The second-order valence-electron chi connectivity index (χ2n) is 13.6. The standard InChI is InChI=1S/C31H42N6O7/c1-20-17-34(24(39)31(8)19-43-25(29(2,3)4)37(31)28(42)44-30(5,6)7)15-16-35(20)26(40)32-23-13-14-36(27(41)33-23)22-11-9-21(18-38)10-12-22/h9-14,18,20,25H,15-17,19H2,1-8H3,(H,32,33,40,41)/t20-,25-,31+/m1/s1. The Morgan fingerprint density at radius 1 is 1.07 bits per heavy atom. The molecule has 0 aliphatic carbocycles. The lowest BCUT2D eigenvalue weighted by atomic mass is 9.91. The summed E-state index contributed by atoms with van der Waals surface area (Å²) in [6, 6.07) is 7.12. The lowest BCUT2D eigenvalue weighted by molar-refractivity contribution is -0.145. The molecule has 13 nitrogen and oxygen atoms in total. The van der Waals surface area contributed by atoms with E-state index in [1.54, 1.807) is 61.8 Å². The highest BCUT2D eigenvalue weighted by atomic mass is 16.6. The molecule has 44 heavy (non-hydrogen) atoms. The normalized spacial score (nSPS) is 22.5. The van der Waals surface area contributed by atoms with Crippen LogP contribution in [-0.4, -0.2) is 98.2 Å². The maximum atomic E-state index is 14.0. The SMILES string of the molecule is C[C@@H]1CN(C(=O)[C@]2(C)CO[C@H](C(C)(C)C)N2C(=O)OC(C)(C)C)CCN1C(=O)Nc1ccn(-c2ccc(C=O)cc2)c(=O)n1. The number of aldehydes is 1. The monoisotopic (exact) mass is 610 g/mol. The van der Waals surface area contributed by atoms with Crippen molar-refractivity contribution in [2.24, 2.45) is 5.41 Å². The van der Waals surface area contributed by atoms with Gasteiger partial charge in [0.2, 0.25) is 0 Å². The first kappa shape index (κ1) is 32.6. The van der Waals surface area contributed by atoms with Crippen molar-refractivity contribution in [2.75, 3.05) is 31.6 Å². The third-order valence-corrected chi connectivity index (χ3v) is 7.60. The Bertz CT molecular complexity index is 1480. The fourth-order valence-electron chi connectivity index (χ4n) is 5.40. The zero-order valence-corrected chi connectivity index (χ0v) is 26.6. The highest BCUT2D eigenvalue weighted by Crippen LogP contribution is 2.39. The van der Waals surface area contributed by atoms with Crippen molar-refractivity contribution in [1.29, 1.82) is 0 Å². The van der Waals surface area contributed by atoms with Crippen molar-refractivity contribution in [1.82, 2.24) is 24.3 Å². The van der Waals surface area contributed by atoms with Gasteiger partial charge in [-0.1, -0.05) is 20.8 Å². The van der Waals surface area contributed by atoms with E-state index in [-0.39, 0.29) is 44.0 Å². The number of piperazine rings is 1. The summed E-state index contributed by atoms with van der Waals surface area (Å²) >= 11 is 0. The minimum Gasteiger partial charge on any atom is -0.444 e. The quantitative estimate of drug-likeness (QED) is 0.518. The summed E-state index contributed by atoms with van der Waals surface area (Å²) in [5.41, 5.74) is -2.13. The lowest BCUT2D eigenvalue weighted by Crippen LogP contribution is -2.65. The number of urea groups is 1. The van der Waals surface area contributed by atoms with Crippen LogP contribution in [0.25, 0.3) is 5.69 Å². The van der Waals surface area contributed by atoms with E-state index in [9.17, 15) is 24.0 Å². The highest BCUT2D eigenvalue weighted by molar-refractivity contribution is 5.92. The van der Waals surface area contributed by atoms with Gasteiger partial charge in [-0.3, -0.25) is 24.4 Å². The highest BCUT2D eigenvalue weighted by Gasteiger charge is 2.57. The summed E-state index contributed by atoms with van der Waals surface area (Å²) in [6.45, 7) is 15.4. The number of carbonyl (C=O) groups is 4. The summed E-state index contributed by atoms with van der Waals surface area (Å²) in [5, 5.41) is 2.68. The zero-order chi connectivity index (χ0) is 32.6. The molecule has 3 atom stereocenters. The first-order valence-electron chi connectivity index (χ1n) is 14.6. The Hall–Kier alpha value is -4.26. The average Bonchev–Trinajstić information content (AvgIpc) is 3.31. The minimum atomic E-state index is -1.30. The fraction of sp³-hybridized carbons (Fsp3) is 0.548. The van der Waals surface area contributed by atoms with E-state index in [0.717, 1.165) is 0 Å². The predicted molar refractivity (Wildman–Crippen MR) is 163 cm³/mol. The maximum absolute atomic E-state index is 14.0. The number of nitrogens with one attached hydrogen (secondary N) is 1. The number of benzene rings is 1. The number of anilines is 1. The van der Waals surface area contributed by atoms with Gasteiger partial charge in [-0.15, -0.1) is 0 Å². The van der Waals surface area contributed by atoms with Crippen molar-refractivity contribution in [3.8, 4) is 5.69 Å². The van der Waals surface area contributed by atoms with Crippen LogP contribution in [0.3, 0.4) is 0 Å². The summed E-state index contributed by atoms with van der Waals surface area (Å²) in [7, 11) is 0. The first-order valence-corrected chi connectivity index (χ1v) is 14.6. The van der Waals surface area contributed by atoms with Gasteiger partial charge in [0.05, 0.1) is 12.3 Å². The van der Waals surface area contributed by atoms with Crippen molar-refractivity contribution in [2.45, 2.75) is 78.8 Å². The molecule has 0 bridgehead atoms. The van der Waals surface area contributed by atoms with Crippen molar-refractivity contribution >= 4 is 30.1 Å². The lowest BCUT2D eigenvalue weighted by Gasteiger charge is -2.45.